The average Bonchev–Trinajstić information content (AvgIpc) is 3.02. The van der Waals surface area contributed by atoms with E-state index in [1.54, 1.807) is 0 Å². The van der Waals surface area contributed by atoms with Gasteiger partial charge in [-0.05, 0) is 24.8 Å². The Morgan fingerprint density at radius 1 is 1.22 bits per heavy atom. The molecule has 1 aliphatic heterocycles. The van der Waals surface area contributed by atoms with Gasteiger partial charge in [-0.25, -0.2) is 4.79 Å². The molecule has 1 saturated carbocycles. The maximum absolute atomic E-state index is 10.8. The molecule has 5 nitrogen and oxygen atoms in total. The molecule has 3 atom stereocenters. The number of carboxylic acid groups (broad SMARTS) is 1. The van der Waals surface area contributed by atoms with Gasteiger partial charge in [0.2, 0.25) is 0 Å². The van der Waals surface area contributed by atoms with Gasteiger partial charge in [0.15, 0.2) is 0 Å². The third-order valence-electron chi connectivity index (χ3n) is 4.99. The van der Waals surface area contributed by atoms with Gasteiger partial charge >= 0.3 is 6.09 Å². The second-order valence-corrected chi connectivity index (χ2v) is 6.62. The van der Waals surface area contributed by atoms with Crippen molar-refractivity contribution in [2.75, 3.05) is 13.1 Å². The lowest BCUT2D eigenvalue weighted by molar-refractivity contribution is -0.0394. The second-order valence-electron chi connectivity index (χ2n) is 6.62. The van der Waals surface area contributed by atoms with E-state index in [1.807, 2.05) is 18.2 Å². The molecule has 1 aromatic carbocycles. The molecule has 1 aliphatic carbocycles. The minimum absolute atomic E-state index is 0.0594. The Balaban J connectivity index is 1.55. The molecular formula is C18H26N2O3. The number of benzene rings is 1. The Morgan fingerprint density at radius 2 is 2.00 bits per heavy atom. The van der Waals surface area contributed by atoms with Crippen molar-refractivity contribution in [2.24, 2.45) is 0 Å². The average molecular weight is 318 g/mol. The van der Waals surface area contributed by atoms with Crippen molar-refractivity contribution in [1.82, 2.24) is 10.2 Å². The van der Waals surface area contributed by atoms with E-state index < -0.39 is 6.09 Å². The summed E-state index contributed by atoms with van der Waals surface area (Å²) >= 11 is 0. The number of nitrogens with zero attached hydrogens (tertiary/aromatic N) is 1. The van der Waals surface area contributed by atoms with Crippen LogP contribution in [-0.4, -0.2) is 47.4 Å². The molecule has 126 valence electrons. The maximum Gasteiger partial charge on any atom is 0.404 e. The zero-order valence-corrected chi connectivity index (χ0v) is 13.5. The van der Waals surface area contributed by atoms with Gasteiger partial charge < -0.3 is 15.2 Å². The van der Waals surface area contributed by atoms with E-state index in [1.165, 1.54) is 18.4 Å². The number of likely N-dealkylation sites (tertiary alicyclic amines) is 1. The Kier molecular flexibility index (Phi) is 5.51. The molecule has 0 bridgehead atoms. The topological polar surface area (TPSA) is 61.8 Å². The lowest BCUT2D eigenvalue weighted by Crippen LogP contribution is -2.47. The van der Waals surface area contributed by atoms with E-state index in [0.29, 0.717) is 12.6 Å². The molecule has 23 heavy (non-hydrogen) atoms. The molecular weight excluding hydrogens is 292 g/mol. The predicted molar refractivity (Wildman–Crippen MR) is 88.4 cm³/mol. The molecule has 5 heteroatoms. The van der Waals surface area contributed by atoms with Crippen molar-refractivity contribution in [2.45, 2.75) is 56.9 Å². The van der Waals surface area contributed by atoms with Crippen LogP contribution in [0.25, 0.3) is 0 Å². The first-order chi connectivity index (χ1) is 11.2. The molecule has 0 aromatic heterocycles. The van der Waals surface area contributed by atoms with Gasteiger partial charge in [0.05, 0.1) is 12.7 Å². The Morgan fingerprint density at radius 3 is 2.78 bits per heavy atom. The number of rotatable bonds is 5. The maximum atomic E-state index is 10.8. The van der Waals surface area contributed by atoms with Crippen LogP contribution in [0.4, 0.5) is 4.79 Å². The first kappa shape index (κ1) is 16.3. The molecule has 2 fully saturated rings. The molecule has 3 rings (SSSR count). The van der Waals surface area contributed by atoms with Crippen LogP contribution < -0.4 is 5.32 Å². The summed E-state index contributed by atoms with van der Waals surface area (Å²) in [6, 6.07) is 10.8. The zero-order chi connectivity index (χ0) is 16.1. The molecule has 0 radical (unpaired) electrons. The van der Waals surface area contributed by atoms with Crippen molar-refractivity contribution < 1.29 is 14.6 Å². The quantitative estimate of drug-likeness (QED) is 0.876. The van der Waals surface area contributed by atoms with Crippen molar-refractivity contribution in [1.29, 1.82) is 0 Å². The van der Waals surface area contributed by atoms with E-state index >= 15 is 0 Å². The van der Waals surface area contributed by atoms with Crippen molar-refractivity contribution >= 4 is 6.09 Å². The summed E-state index contributed by atoms with van der Waals surface area (Å²) in [5.74, 6) is 0. The highest BCUT2D eigenvalue weighted by atomic mass is 16.5. The molecule has 1 heterocycles. The fourth-order valence-corrected chi connectivity index (χ4v) is 3.85. The minimum atomic E-state index is -0.919. The SMILES string of the molecule is O=C(O)N[C@@H]1CCN([C@@H]2CCCC[C@H]2OCc2ccccc2)C1. The Hall–Kier alpha value is -1.59. The fourth-order valence-electron chi connectivity index (χ4n) is 3.85. The monoisotopic (exact) mass is 318 g/mol. The molecule has 1 saturated heterocycles. The summed E-state index contributed by atoms with van der Waals surface area (Å²) < 4.78 is 6.23. The van der Waals surface area contributed by atoms with Crippen LogP contribution in [0, 0.1) is 0 Å². The van der Waals surface area contributed by atoms with E-state index in [4.69, 9.17) is 9.84 Å². The molecule has 1 amide bonds. The number of amides is 1. The highest BCUT2D eigenvalue weighted by Gasteiger charge is 2.35. The number of carbonyl (C=O) groups is 1. The minimum Gasteiger partial charge on any atom is -0.465 e. The molecule has 2 aliphatic rings. The van der Waals surface area contributed by atoms with Gasteiger partial charge in [-0.1, -0.05) is 43.2 Å². The molecule has 1 aromatic rings. The third-order valence-corrected chi connectivity index (χ3v) is 4.99. The third kappa shape index (κ3) is 4.45. The van der Waals surface area contributed by atoms with Crippen LogP contribution in [0.3, 0.4) is 0 Å². The molecule has 0 unspecified atom stereocenters. The predicted octanol–water partition coefficient (Wildman–Crippen LogP) is 2.86. The highest BCUT2D eigenvalue weighted by Crippen LogP contribution is 2.29. The van der Waals surface area contributed by atoms with Crippen molar-refractivity contribution in [3.8, 4) is 0 Å². The smallest absolute Gasteiger partial charge is 0.404 e. The van der Waals surface area contributed by atoms with E-state index in [-0.39, 0.29) is 12.1 Å². The van der Waals surface area contributed by atoms with E-state index in [2.05, 4.69) is 22.3 Å². The zero-order valence-electron chi connectivity index (χ0n) is 13.5. The van der Waals surface area contributed by atoms with E-state index in [0.717, 1.165) is 32.4 Å². The summed E-state index contributed by atoms with van der Waals surface area (Å²) in [6.45, 7) is 2.43. The van der Waals surface area contributed by atoms with Crippen LogP contribution in [0.1, 0.15) is 37.7 Å². The second kappa shape index (κ2) is 7.79. The van der Waals surface area contributed by atoms with Crippen LogP contribution in [0.5, 0.6) is 0 Å². The van der Waals surface area contributed by atoms with Gasteiger partial charge in [-0.2, -0.15) is 0 Å². The summed E-state index contributed by atoms with van der Waals surface area (Å²) in [5.41, 5.74) is 1.21. The molecule has 0 spiro atoms. The van der Waals surface area contributed by atoms with Gasteiger partial charge in [0.1, 0.15) is 0 Å². The van der Waals surface area contributed by atoms with Crippen LogP contribution in [-0.2, 0) is 11.3 Å². The largest absolute Gasteiger partial charge is 0.465 e. The standard InChI is InChI=1S/C18H26N2O3/c21-18(22)19-15-10-11-20(12-15)16-8-4-5-9-17(16)23-13-14-6-2-1-3-7-14/h1-3,6-7,15-17,19H,4-5,8-13H2,(H,21,22)/t15-,16-,17-/m1/s1. The first-order valence-electron chi connectivity index (χ1n) is 8.61. The number of nitrogens with one attached hydrogen (secondary N) is 1. The highest BCUT2D eigenvalue weighted by molar-refractivity contribution is 5.64. The normalized spacial score (nSPS) is 28.6. The first-order valence-corrected chi connectivity index (χ1v) is 8.61. The number of hydrogen-bond acceptors (Lipinski definition) is 3. The van der Waals surface area contributed by atoms with Crippen molar-refractivity contribution in [3.63, 3.8) is 0 Å². The number of ether oxygens (including phenoxy) is 1. The lowest BCUT2D eigenvalue weighted by Gasteiger charge is -2.38. The summed E-state index contributed by atoms with van der Waals surface area (Å²) in [7, 11) is 0. The number of hydrogen-bond donors (Lipinski definition) is 2. The van der Waals surface area contributed by atoms with Gasteiger partial charge in [0, 0.05) is 25.2 Å². The Labute approximate surface area is 137 Å². The Bertz CT molecular complexity index is 508. The summed E-state index contributed by atoms with van der Waals surface area (Å²) in [5, 5.41) is 11.5. The fraction of sp³-hybridized carbons (Fsp3) is 0.611. The van der Waals surface area contributed by atoms with Crippen molar-refractivity contribution in [3.05, 3.63) is 35.9 Å². The van der Waals surface area contributed by atoms with Crippen LogP contribution in [0.15, 0.2) is 30.3 Å². The van der Waals surface area contributed by atoms with Gasteiger partial charge in [-0.3, -0.25) is 4.90 Å². The van der Waals surface area contributed by atoms with Crippen LogP contribution >= 0.6 is 0 Å². The lowest BCUT2D eigenvalue weighted by atomic mass is 9.91. The summed E-state index contributed by atoms with van der Waals surface area (Å²) in [6.07, 6.45) is 4.95. The van der Waals surface area contributed by atoms with Gasteiger partial charge in [-0.15, -0.1) is 0 Å². The van der Waals surface area contributed by atoms with Gasteiger partial charge in [0.25, 0.3) is 0 Å². The molecule has 2 N–H and O–H groups in total. The van der Waals surface area contributed by atoms with E-state index in [9.17, 15) is 4.79 Å². The van der Waals surface area contributed by atoms with Crippen LogP contribution in [0.2, 0.25) is 0 Å². The summed E-state index contributed by atoms with van der Waals surface area (Å²) in [4.78, 5) is 13.2.